The summed E-state index contributed by atoms with van der Waals surface area (Å²) in [5, 5.41) is 2.19. The summed E-state index contributed by atoms with van der Waals surface area (Å²) in [4.78, 5) is 122. The van der Waals surface area contributed by atoms with Crippen LogP contribution in [0.25, 0.3) is 181 Å². The maximum Gasteiger partial charge on any atom is 0.255 e. The summed E-state index contributed by atoms with van der Waals surface area (Å²) in [6, 6.07) is 95.5. The Balaban J connectivity index is 0.0000000953. The fourth-order valence-corrected chi connectivity index (χ4v) is 24.4. The van der Waals surface area contributed by atoms with E-state index in [1.54, 1.807) is 59.9 Å². The van der Waals surface area contributed by atoms with Gasteiger partial charge in [-0.1, -0.05) is 241 Å². The quantitative estimate of drug-likeness (QED) is 0.0591. The van der Waals surface area contributed by atoms with Crippen LogP contribution >= 0.6 is 95.0 Å². The average Bonchev–Trinajstić information content (AvgIpc) is 0.989. The molecule has 0 saturated carbocycles. The fourth-order valence-electron chi connectivity index (χ4n) is 16.2. The molecule has 9 aromatic heterocycles. The zero-order valence-electron chi connectivity index (χ0n) is 65.8. The van der Waals surface area contributed by atoms with E-state index in [1.807, 2.05) is 229 Å². The van der Waals surface area contributed by atoms with Crippen molar-refractivity contribution in [2.75, 3.05) is 0 Å². The van der Waals surface area contributed by atoms with Gasteiger partial charge < -0.3 is 0 Å². The van der Waals surface area contributed by atoms with E-state index in [1.165, 1.54) is 37.8 Å². The second-order valence-corrected chi connectivity index (χ2v) is 37.8. The predicted octanol–water partition coefficient (Wildman–Crippen LogP) is 21.9. The van der Waals surface area contributed by atoms with E-state index in [4.69, 9.17) is 84.2 Å². The lowest BCUT2D eigenvalue weighted by Gasteiger charge is -2.19. The average molecular weight is 1790 g/mol. The minimum Gasteiger partial charge on any atom is -0.283 e. The van der Waals surface area contributed by atoms with Gasteiger partial charge in [-0.25, -0.2) is 89.7 Å². The van der Waals surface area contributed by atoms with Gasteiger partial charge in [-0.05, 0) is 146 Å². The molecular formula is C100H48N18O2S8. The fraction of sp³-hybridized carbons (Fsp3) is 0. The molecule has 0 saturated heterocycles. The largest absolute Gasteiger partial charge is 0.283 e. The van der Waals surface area contributed by atoms with Crippen molar-refractivity contribution in [2.24, 2.45) is 0 Å². The Kier molecular flexibility index (Phi) is 18.2. The number of aromatic nitrogens is 18. The molecular weight excluding hydrogens is 1740 g/mol. The van der Waals surface area contributed by atoms with Gasteiger partial charge in [0, 0.05) is 39.8 Å². The van der Waals surface area contributed by atoms with Gasteiger partial charge in [-0.2, -0.15) is 0 Å². The van der Waals surface area contributed by atoms with Crippen molar-refractivity contribution >= 4 is 252 Å². The van der Waals surface area contributed by atoms with Crippen molar-refractivity contribution in [1.29, 1.82) is 0 Å². The Labute approximate surface area is 759 Å². The molecule has 0 atom stereocenters. The van der Waals surface area contributed by atoms with Crippen LogP contribution < -0.4 is 10.4 Å². The molecule has 13 aromatic carbocycles. The maximum atomic E-state index is 12.4. The van der Waals surface area contributed by atoms with Crippen molar-refractivity contribution < 1.29 is 9.59 Å². The van der Waals surface area contributed by atoms with Crippen LogP contribution in [0.1, 0.15) is 43.8 Å². The molecule has 0 unspecified atom stereocenters. The van der Waals surface area contributed by atoms with Gasteiger partial charge in [-0.15, -0.1) is 0 Å². The lowest BCUT2D eigenvalue weighted by atomic mass is 9.97. The highest BCUT2D eigenvalue weighted by molar-refractivity contribution is 8.32. The maximum absolute atomic E-state index is 12.4. The highest BCUT2D eigenvalue weighted by atomic mass is 32.2. The molecule has 3 aliphatic carbocycles. The second kappa shape index (κ2) is 30.7. The van der Waals surface area contributed by atoms with E-state index >= 15 is 0 Å². The van der Waals surface area contributed by atoms with Crippen LogP contribution in [0.4, 0.5) is 0 Å². The molecule has 28 heteroatoms. The molecule has 0 radical (unpaired) electrons. The monoisotopic (exact) mass is 1790 g/mol. The van der Waals surface area contributed by atoms with Crippen molar-refractivity contribution in [1.82, 2.24) is 89.7 Å². The number of carbonyl (C=O) groups is 2. The minimum absolute atomic E-state index is 0.0378. The normalized spacial score (nSPS) is 13.8. The topological polar surface area (TPSA) is 266 Å². The first-order chi connectivity index (χ1) is 63.0. The summed E-state index contributed by atoms with van der Waals surface area (Å²) < 4.78 is 3.50. The summed E-state index contributed by atoms with van der Waals surface area (Å²) in [5.74, 6) is -1.39. The minimum atomic E-state index is -0.694. The molecule has 0 N–H and O–H groups in total. The van der Waals surface area contributed by atoms with E-state index in [0.717, 1.165) is 131 Å². The molecule has 12 heterocycles. The number of Topliss-reactive ketones (excluding diaryl/α,β-unsaturated/α-hetero) is 2. The number of nitrogens with zero attached hydrogens (tertiary/aromatic N) is 18. The number of hydrogen-bond acceptors (Lipinski definition) is 28. The molecule has 0 amide bonds. The van der Waals surface area contributed by atoms with Crippen LogP contribution in [0, 0.1) is 0 Å². The van der Waals surface area contributed by atoms with Gasteiger partial charge in [0.25, 0.3) is 11.6 Å². The summed E-state index contributed by atoms with van der Waals surface area (Å²) in [6.45, 7) is 0. The van der Waals surface area contributed by atoms with Crippen LogP contribution in [-0.2, 0) is 0 Å². The van der Waals surface area contributed by atoms with E-state index in [9.17, 15) is 9.59 Å². The van der Waals surface area contributed by atoms with Crippen LogP contribution in [0.3, 0.4) is 0 Å². The Hall–Kier alpha value is -14.5. The third-order valence-corrected chi connectivity index (χ3v) is 30.7. The summed E-state index contributed by atoms with van der Waals surface area (Å²) in [7, 11) is 0. The lowest BCUT2D eigenvalue weighted by Crippen LogP contribution is -2.31. The Bertz CT molecular complexity index is 8270. The van der Waals surface area contributed by atoms with Crippen molar-refractivity contribution in [3.05, 3.63) is 340 Å². The lowest BCUT2D eigenvalue weighted by molar-refractivity contribution is 0.0809. The van der Waals surface area contributed by atoms with Crippen molar-refractivity contribution in [2.45, 2.75) is 29.4 Å². The van der Waals surface area contributed by atoms with Crippen molar-refractivity contribution in [3.8, 4) is 45.6 Å². The molecule has 6 aliphatic rings. The highest BCUT2D eigenvalue weighted by Gasteiger charge is 2.39. The van der Waals surface area contributed by atoms with Gasteiger partial charge in [0.1, 0.15) is 102 Å². The molecule has 598 valence electrons. The number of thiocarbonyl (C=S) groups is 2. The first-order valence-corrected chi connectivity index (χ1v) is 46.0. The summed E-state index contributed by atoms with van der Waals surface area (Å²) >= 11 is 21.8. The van der Waals surface area contributed by atoms with Crippen LogP contribution in [0.2, 0.25) is 0 Å². The number of carbonyl (C=O) groups excluding carboxylic acids is 2. The zero-order chi connectivity index (χ0) is 84.9. The van der Waals surface area contributed by atoms with Crippen LogP contribution in [-0.4, -0.2) is 111 Å². The van der Waals surface area contributed by atoms with Crippen LogP contribution in [0.15, 0.2) is 325 Å². The van der Waals surface area contributed by atoms with Gasteiger partial charge in [-0.3, -0.25) is 9.59 Å². The third-order valence-electron chi connectivity index (χ3n) is 22.1. The number of thioether (sulfide) groups is 6. The molecule has 20 nitrogen and oxygen atoms in total. The number of para-hydroxylation sites is 18. The Morgan fingerprint density at radius 3 is 0.555 bits per heavy atom. The number of ketones is 2. The van der Waals surface area contributed by atoms with Gasteiger partial charge >= 0.3 is 0 Å². The summed E-state index contributed by atoms with van der Waals surface area (Å²) in [6.07, 6.45) is 0. The smallest absolute Gasteiger partial charge is 0.255 e. The Morgan fingerprint density at radius 1 is 0.164 bits per heavy atom. The van der Waals surface area contributed by atoms with Gasteiger partial charge in [0.05, 0.1) is 127 Å². The highest BCUT2D eigenvalue weighted by Crippen LogP contribution is 2.58. The number of hydrogen-bond donors (Lipinski definition) is 0. The molecule has 0 spiro atoms. The second-order valence-electron chi connectivity index (χ2n) is 29.9. The number of fused-ring (bicyclic) bond motifs is 26. The van der Waals surface area contributed by atoms with Gasteiger partial charge in [0.2, 0.25) is 0 Å². The molecule has 22 aromatic rings. The molecule has 128 heavy (non-hydrogen) atoms. The summed E-state index contributed by atoms with van der Waals surface area (Å²) in [5.41, 5.74) is 25.6. The Morgan fingerprint density at radius 2 is 0.320 bits per heavy atom. The predicted molar refractivity (Wildman–Crippen MR) is 519 cm³/mol. The van der Waals surface area contributed by atoms with E-state index in [2.05, 4.69) is 103 Å². The molecule has 28 rings (SSSR count). The standard InChI is InChI=1S/C32H16N6S2.C32H16N4S4.C18H8N4O2.C18H8N4S2/c1-3-11-19-17(9-1)33-26-25(32-39-23-15-7-8-16-24(23)40-32)27-29(36-20-12-4-2-10-18(20)34-27)31-30(28(26)35-19)37-21-13-5-6-14-22(21)38-31;1-3-11-19-17(9-1)33-27-25(31-37-21-13-5-6-14-22(21)38-31)26(32-39-23-15-7-8-16-24(23)40-32)28-30(29(27)35-19)36-20-12-4-2-10-18(20)34-28;2*23-17-15-13(19-9-5-1-3-7-11(9)21-15)14-16(18(17)24)22-12-8-4-2-6-10(12)20-14/h2*1-16H;2*1-8H. The number of rotatable bonds is 0. The zero-order valence-corrected chi connectivity index (χ0v) is 72.4. The van der Waals surface area contributed by atoms with Crippen LogP contribution in [0.5, 0.6) is 0 Å². The SMILES string of the molecule is O=C1C(=O)c2nc3ccccc3nc2-c2nc3ccccc3nc21.S=C1C(=S)c2nc3ccccc3nc2-c2nc3ccccc3nc21.c1ccc2c(c1)SC(=C1c3nc4ccccc4nc3-c3nc4ccccc4nc3-c3nc4ccccc4nc31)S2.c1ccc2c(c1)SC(=c1c(=C3Sc4ccccc4S3)c3nc4ccccc4nc3c3nc4ccccc4nc13)S2. The van der Waals surface area contributed by atoms with Crippen molar-refractivity contribution in [3.63, 3.8) is 0 Å². The third kappa shape index (κ3) is 12.9. The molecule has 3 aliphatic heterocycles. The number of benzene rings is 13. The molecule has 0 fully saturated rings. The first-order valence-electron chi connectivity index (χ1n) is 40.2. The van der Waals surface area contributed by atoms with E-state index in [0.29, 0.717) is 88.7 Å². The van der Waals surface area contributed by atoms with E-state index < -0.39 is 11.6 Å². The molecule has 0 bridgehead atoms. The first kappa shape index (κ1) is 76.0. The van der Waals surface area contributed by atoms with E-state index in [-0.39, 0.29) is 11.4 Å². The van der Waals surface area contributed by atoms with Gasteiger partial charge in [0.15, 0.2) is 0 Å².